The fraction of sp³-hybridized carbons (Fsp3) is 0.222. The van der Waals surface area contributed by atoms with Gasteiger partial charge in [0.2, 0.25) is 0 Å². The van der Waals surface area contributed by atoms with Crippen LogP contribution in [0.1, 0.15) is 23.7 Å². The van der Waals surface area contributed by atoms with E-state index in [1.807, 2.05) is 47.8 Å². The van der Waals surface area contributed by atoms with Gasteiger partial charge >= 0.3 is 0 Å². The molecule has 1 aliphatic rings. The largest absolute Gasteiger partial charge is 0.335 e. The van der Waals surface area contributed by atoms with E-state index < -0.39 is 0 Å². The standard InChI is InChI=1S/C18H19N5OS/c1-12-10-16(21-20-12)19-18(24)14-11-23(13-6-3-2-4-7-13)22-17(14)15-8-5-9-25-15/h2-9,11-12,16,20-21H,10H2,1H3,(H,19,24). The maximum atomic E-state index is 12.8. The normalized spacial score (nSPS) is 19.9. The maximum Gasteiger partial charge on any atom is 0.256 e. The number of nitrogens with zero attached hydrogens (tertiary/aromatic N) is 2. The van der Waals surface area contributed by atoms with Crippen molar-refractivity contribution in [2.24, 2.45) is 0 Å². The Labute approximate surface area is 149 Å². The van der Waals surface area contributed by atoms with Gasteiger partial charge in [-0.15, -0.1) is 11.3 Å². The Morgan fingerprint density at radius 1 is 1.24 bits per heavy atom. The van der Waals surface area contributed by atoms with Crippen molar-refractivity contribution in [2.45, 2.75) is 25.6 Å². The first-order valence-corrected chi connectivity index (χ1v) is 9.09. The molecule has 2 unspecified atom stereocenters. The summed E-state index contributed by atoms with van der Waals surface area (Å²) in [4.78, 5) is 13.8. The van der Waals surface area contributed by atoms with Crippen LogP contribution in [-0.2, 0) is 0 Å². The Bertz CT molecular complexity index is 859. The fourth-order valence-electron chi connectivity index (χ4n) is 2.89. The Balaban J connectivity index is 1.67. The fourth-order valence-corrected chi connectivity index (χ4v) is 3.62. The van der Waals surface area contributed by atoms with Gasteiger partial charge in [0.05, 0.1) is 22.3 Å². The highest BCUT2D eigenvalue weighted by atomic mass is 32.1. The number of benzene rings is 1. The molecule has 1 aromatic carbocycles. The lowest BCUT2D eigenvalue weighted by molar-refractivity contribution is 0.0933. The molecule has 7 heteroatoms. The van der Waals surface area contributed by atoms with Crippen LogP contribution in [0.25, 0.3) is 16.3 Å². The van der Waals surface area contributed by atoms with Crippen LogP contribution in [0, 0.1) is 0 Å². The van der Waals surface area contributed by atoms with Crippen LogP contribution >= 0.6 is 11.3 Å². The lowest BCUT2D eigenvalue weighted by Gasteiger charge is -2.11. The van der Waals surface area contributed by atoms with Crippen molar-refractivity contribution in [3.8, 4) is 16.3 Å². The average Bonchev–Trinajstić information content (AvgIpc) is 3.35. The van der Waals surface area contributed by atoms with E-state index in [9.17, 15) is 4.79 Å². The highest BCUT2D eigenvalue weighted by Gasteiger charge is 2.25. The van der Waals surface area contributed by atoms with Crippen LogP contribution in [0.5, 0.6) is 0 Å². The molecule has 1 aliphatic heterocycles. The Morgan fingerprint density at radius 3 is 2.76 bits per heavy atom. The van der Waals surface area contributed by atoms with Gasteiger partial charge in [-0.3, -0.25) is 10.2 Å². The number of para-hydroxylation sites is 1. The lowest BCUT2D eigenvalue weighted by Crippen LogP contribution is -2.44. The molecule has 0 saturated carbocycles. The summed E-state index contributed by atoms with van der Waals surface area (Å²) in [6.07, 6.45) is 2.55. The Morgan fingerprint density at radius 2 is 2.08 bits per heavy atom. The number of hydrazine groups is 1. The van der Waals surface area contributed by atoms with E-state index in [-0.39, 0.29) is 12.1 Å². The summed E-state index contributed by atoms with van der Waals surface area (Å²) in [5.74, 6) is -0.126. The van der Waals surface area contributed by atoms with Crippen LogP contribution in [0.15, 0.2) is 54.0 Å². The highest BCUT2D eigenvalue weighted by Crippen LogP contribution is 2.28. The molecule has 0 bridgehead atoms. The molecular formula is C18H19N5OS. The molecule has 2 atom stereocenters. The molecule has 0 spiro atoms. The second kappa shape index (κ2) is 6.79. The van der Waals surface area contributed by atoms with Gasteiger partial charge in [-0.2, -0.15) is 5.10 Å². The zero-order valence-corrected chi connectivity index (χ0v) is 14.6. The predicted molar refractivity (Wildman–Crippen MR) is 98.5 cm³/mol. The molecule has 1 saturated heterocycles. The minimum absolute atomic E-state index is 0.0845. The summed E-state index contributed by atoms with van der Waals surface area (Å²) >= 11 is 1.58. The van der Waals surface area contributed by atoms with E-state index in [2.05, 4.69) is 28.2 Å². The van der Waals surface area contributed by atoms with Crippen LogP contribution in [0.3, 0.4) is 0 Å². The van der Waals surface area contributed by atoms with Crippen molar-refractivity contribution in [1.29, 1.82) is 0 Å². The van der Waals surface area contributed by atoms with Gasteiger partial charge in [0.15, 0.2) is 0 Å². The molecule has 25 heavy (non-hydrogen) atoms. The molecule has 1 fully saturated rings. The molecule has 0 aliphatic carbocycles. The van der Waals surface area contributed by atoms with Crippen molar-refractivity contribution < 1.29 is 4.79 Å². The molecule has 2 aromatic heterocycles. The SMILES string of the molecule is CC1CC(NC(=O)c2cn(-c3ccccc3)nc2-c2cccs2)NN1. The quantitative estimate of drug-likeness (QED) is 0.674. The van der Waals surface area contributed by atoms with Gasteiger partial charge in [0, 0.05) is 12.2 Å². The van der Waals surface area contributed by atoms with Crippen molar-refractivity contribution in [3.05, 3.63) is 59.6 Å². The van der Waals surface area contributed by atoms with Crippen molar-refractivity contribution >= 4 is 17.2 Å². The molecule has 3 N–H and O–H groups in total. The highest BCUT2D eigenvalue weighted by molar-refractivity contribution is 7.13. The van der Waals surface area contributed by atoms with Crippen molar-refractivity contribution in [1.82, 2.24) is 25.9 Å². The number of hydrogen-bond acceptors (Lipinski definition) is 5. The number of hydrogen-bond donors (Lipinski definition) is 3. The summed E-state index contributed by atoms with van der Waals surface area (Å²) in [6, 6.07) is 14.1. The van der Waals surface area contributed by atoms with Gasteiger partial charge in [0.25, 0.3) is 5.91 Å². The van der Waals surface area contributed by atoms with Crippen LogP contribution in [0.4, 0.5) is 0 Å². The van der Waals surface area contributed by atoms with Crippen LogP contribution < -0.4 is 16.2 Å². The summed E-state index contributed by atoms with van der Waals surface area (Å²) in [5.41, 5.74) is 8.41. The number of amides is 1. The number of aromatic nitrogens is 2. The average molecular weight is 353 g/mol. The van der Waals surface area contributed by atoms with E-state index >= 15 is 0 Å². The molecule has 1 amide bonds. The minimum Gasteiger partial charge on any atom is -0.335 e. The third-order valence-electron chi connectivity index (χ3n) is 4.13. The molecule has 6 nitrogen and oxygen atoms in total. The van der Waals surface area contributed by atoms with Gasteiger partial charge in [0.1, 0.15) is 5.69 Å². The van der Waals surface area contributed by atoms with E-state index in [4.69, 9.17) is 0 Å². The molecule has 3 aromatic rings. The maximum absolute atomic E-state index is 12.8. The van der Waals surface area contributed by atoms with Crippen LogP contribution in [-0.4, -0.2) is 27.9 Å². The van der Waals surface area contributed by atoms with E-state index in [1.165, 1.54) is 0 Å². The molecule has 3 heterocycles. The first-order valence-electron chi connectivity index (χ1n) is 8.21. The van der Waals surface area contributed by atoms with Crippen molar-refractivity contribution in [3.63, 3.8) is 0 Å². The minimum atomic E-state index is -0.126. The smallest absolute Gasteiger partial charge is 0.256 e. The van der Waals surface area contributed by atoms with Gasteiger partial charge in [-0.05, 0) is 36.9 Å². The van der Waals surface area contributed by atoms with E-state index in [0.29, 0.717) is 17.3 Å². The zero-order valence-electron chi connectivity index (χ0n) is 13.8. The van der Waals surface area contributed by atoms with Crippen LogP contribution in [0.2, 0.25) is 0 Å². The Kier molecular flexibility index (Phi) is 4.35. The molecule has 128 valence electrons. The Hall–Kier alpha value is -2.48. The van der Waals surface area contributed by atoms with Gasteiger partial charge in [-0.25, -0.2) is 10.1 Å². The first-order chi connectivity index (χ1) is 12.2. The summed E-state index contributed by atoms with van der Waals surface area (Å²) in [5, 5.41) is 9.68. The monoisotopic (exact) mass is 353 g/mol. The number of thiophene rings is 1. The molecular weight excluding hydrogens is 334 g/mol. The molecule has 0 radical (unpaired) electrons. The van der Waals surface area contributed by atoms with E-state index in [0.717, 1.165) is 17.0 Å². The topological polar surface area (TPSA) is 71.0 Å². The van der Waals surface area contributed by atoms with Gasteiger partial charge < -0.3 is 5.32 Å². The summed E-state index contributed by atoms with van der Waals surface area (Å²) < 4.78 is 1.76. The van der Waals surface area contributed by atoms with E-state index in [1.54, 1.807) is 22.2 Å². The number of carbonyl (C=O) groups is 1. The molecule has 4 rings (SSSR count). The summed E-state index contributed by atoms with van der Waals surface area (Å²) in [7, 11) is 0. The number of carbonyl (C=O) groups excluding carboxylic acids is 1. The second-order valence-electron chi connectivity index (χ2n) is 6.10. The lowest BCUT2D eigenvalue weighted by atomic mass is 10.2. The predicted octanol–water partition coefficient (Wildman–Crippen LogP) is 2.54. The summed E-state index contributed by atoms with van der Waals surface area (Å²) in [6.45, 7) is 2.07. The van der Waals surface area contributed by atoms with Crippen molar-refractivity contribution in [2.75, 3.05) is 0 Å². The third-order valence-corrected chi connectivity index (χ3v) is 5.01. The number of rotatable bonds is 4. The second-order valence-corrected chi connectivity index (χ2v) is 7.05. The third kappa shape index (κ3) is 3.34. The van der Waals surface area contributed by atoms with Gasteiger partial charge in [-0.1, -0.05) is 24.3 Å². The number of nitrogens with one attached hydrogen (secondary N) is 3. The first kappa shape index (κ1) is 16.0. The zero-order chi connectivity index (χ0) is 17.2.